The summed E-state index contributed by atoms with van der Waals surface area (Å²) in [5.41, 5.74) is 2.48. The first-order valence-electron chi connectivity index (χ1n) is 10.7. The molecule has 1 heterocycles. The number of halogens is 1. The van der Waals surface area contributed by atoms with Crippen molar-refractivity contribution in [2.75, 3.05) is 40.3 Å². The lowest BCUT2D eigenvalue weighted by molar-refractivity contribution is -0.919. The van der Waals surface area contributed by atoms with Crippen molar-refractivity contribution >= 4 is 17.5 Å². The van der Waals surface area contributed by atoms with Gasteiger partial charge in [-0.3, -0.25) is 4.79 Å². The van der Waals surface area contributed by atoms with Crippen LogP contribution in [-0.2, 0) is 17.9 Å². The van der Waals surface area contributed by atoms with Gasteiger partial charge in [0.25, 0.3) is 0 Å². The number of benzene rings is 2. The Kier molecular flexibility index (Phi) is 8.10. The van der Waals surface area contributed by atoms with Crippen LogP contribution in [-0.4, -0.2) is 51.1 Å². The van der Waals surface area contributed by atoms with Gasteiger partial charge in [-0.1, -0.05) is 54.1 Å². The molecule has 156 valence electrons. The topological polar surface area (TPSA) is 29.2 Å². The zero-order valence-corrected chi connectivity index (χ0v) is 18.4. The molecular weight excluding hydrogens is 382 g/mol. The van der Waals surface area contributed by atoms with E-state index in [2.05, 4.69) is 43.3 Å². The molecule has 5 heteroatoms. The number of rotatable bonds is 8. The summed E-state index contributed by atoms with van der Waals surface area (Å²) in [6.07, 6.45) is 1.93. The predicted molar refractivity (Wildman–Crippen MR) is 118 cm³/mol. The number of hydrogen-bond acceptors (Lipinski definition) is 1. The summed E-state index contributed by atoms with van der Waals surface area (Å²) in [7, 11) is 4.28. The van der Waals surface area contributed by atoms with Crippen LogP contribution in [0.5, 0.6) is 0 Å². The van der Waals surface area contributed by atoms with Gasteiger partial charge in [0.2, 0.25) is 5.91 Å². The molecule has 1 amide bonds. The fourth-order valence-electron chi connectivity index (χ4n) is 4.07. The Hall–Kier alpha value is -1.88. The van der Waals surface area contributed by atoms with E-state index in [0.717, 1.165) is 50.6 Å². The van der Waals surface area contributed by atoms with E-state index in [1.165, 1.54) is 16.0 Å². The zero-order valence-electron chi connectivity index (χ0n) is 17.7. The molecule has 0 atom stereocenters. The van der Waals surface area contributed by atoms with Crippen LogP contribution in [0.4, 0.5) is 0 Å². The van der Waals surface area contributed by atoms with Crippen molar-refractivity contribution in [3.63, 3.8) is 0 Å². The second-order valence-corrected chi connectivity index (χ2v) is 8.97. The maximum atomic E-state index is 13.3. The van der Waals surface area contributed by atoms with Crippen molar-refractivity contribution in [2.24, 2.45) is 5.92 Å². The van der Waals surface area contributed by atoms with Crippen molar-refractivity contribution in [3.8, 4) is 0 Å². The van der Waals surface area contributed by atoms with Gasteiger partial charge in [0.05, 0.1) is 40.3 Å². The van der Waals surface area contributed by atoms with Crippen LogP contribution in [0.25, 0.3) is 0 Å². The smallest absolute Gasteiger partial charge is 0.226 e. The second-order valence-electron chi connectivity index (χ2n) is 8.53. The summed E-state index contributed by atoms with van der Waals surface area (Å²) in [4.78, 5) is 18.3. The van der Waals surface area contributed by atoms with Crippen LogP contribution in [0.2, 0.25) is 5.02 Å². The first-order chi connectivity index (χ1) is 14.0. The third kappa shape index (κ3) is 6.84. The lowest BCUT2D eigenvalue weighted by Gasteiger charge is -2.32. The van der Waals surface area contributed by atoms with E-state index >= 15 is 0 Å². The molecule has 3 rings (SSSR count). The number of piperidine rings is 1. The third-order valence-electron chi connectivity index (χ3n) is 5.79. The minimum absolute atomic E-state index is 0.152. The minimum Gasteiger partial charge on any atom is -0.338 e. The van der Waals surface area contributed by atoms with E-state index in [-0.39, 0.29) is 5.92 Å². The maximum absolute atomic E-state index is 13.3. The average Bonchev–Trinajstić information content (AvgIpc) is 2.72. The molecule has 1 aliphatic heterocycles. The van der Waals surface area contributed by atoms with E-state index in [1.54, 1.807) is 4.90 Å². The van der Waals surface area contributed by atoms with Crippen LogP contribution in [0.1, 0.15) is 24.0 Å². The first kappa shape index (κ1) is 21.8. The van der Waals surface area contributed by atoms with Crippen LogP contribution >= 0.6 is 11.6 Å². The highest BCUT2D eigenvalue weighted by Gasteiger charge is 2.30. The summed E-state index contributed by atoms with van der Waals surface area (Å²) in [6, 6.07) is 18.5. The fraction of sp³-hybridized carbons (Fsp3) is 0.458. The number of quaternary nitrogens is 2. The summed E-state index contributed by atoms with van der Waals surface area (Å²) < 4.78 is 0. The number of likely N-dealkylation sites (tertiary alicyclic amines) is 1. The zero-order chi connectivity index (χ0) is 20.6. The molecule has 2 N–H and O–H groups in total. The molecule has 1 fully saturated rings. The number of hydrogen-bond donors (Lipinski definition) is 2. The van der Waals surface area contributed by atoms with Crippen LogP contribution < -0.4 is 9.80 Å². The third-order valence-corrected chi connectivity index (χ3v) is 6.03. The lowest BCUT2D eigenvalue weighted by atomic mass is 9.94. The molecule has 2 aromatic carbocycles. The molecular formula is C24H34ClN3O+2. The highest BCUT2D eigenvalue weighted by Crippen LogP contribution is 2.16. The molecule has 4 nitrogen and oxygen atoms in total. The molecule has 1 saturated heterocycles. The van der Waals surface area contributed by atoms with Crippen LogP contribution in [0.3, 0.4) is 0 Å². The summed E-state index contributed by atoms with van der Waals surface area (Å²) in [5.74, 6) is 0.482. The van der Waals surface area contributed by atoms with Gasteiger partial charge in [-0.2, -0.15) is 0 Å². The van der Waals surface area contributed by atoms with Gasteiger partial charge >= 0.3 is 0 Å². The standard InChI is InChI=1S/C24H32ClN3O/c1-26(2)15-16-28(19-20-7-4-3-5-8-20)24(29)22-11-13-27(14-12-22)18-21-9-6-10-23(25)17-21/h3-10,17,22H,11-16,18-19H2,1-2H3/p+2. The number of likely N-dealkylation sites (N-methyl/N-ethyl adjacent to an activating group) is 1. The summed E-state index contributed by atoms with van der Waals surface area (Å²) >= 11 is 6.12. The largest absolute Gasteiger partial charge is 0.338 e. The maximum Gasteiger partial charge on any atom is 0.226 e. The number of carbonyl (C=O) groups is 1. The van der Waals surface area contributed by atoms with Gasteiger partial charge in [0.1, 0.15) is 6.54 Å². The first-order valence-corrected chi connectivity index (χ1v) is 11.1. The van der Waals surface area contributed by atoms with Crippen molar-refractivity contribution in [3.05, 3.63) is 70.7 Å². The predicted octanol–water partition coefficient (Wildman–Crippen LogP) is 1.31. The Balaban J connectivity index is 1.56. The van der Waals surface area contributed by atoms with Gasteiger partial charge in [0.15, 0.2) is 0 Å². The van der Waals surface area contributed by atoms with Crippen molar-refractivity contribution in [1.29, 1.82) is 0 Å². The van der Waals surface area contributed by atoms with Crippen LogP contribution in [0, 0.1) is 5.92 Å². The van der Waals surface area contributed by atoms with Crippen LogP contribution in [0.15, 0.2) is 54.6 Å². The molecule has 0 spiro atoms. The Morgan fingerprint density at radius 3 is 2.41 bits per heavy atom. The molecule has 0 radical (unpaired) electrons. The molecule has 0 aromatic heterocycles. The summed E-state index contributed by atoms with van der Waals surface area (Å²) in [6.45, 7) is 5.56. The quantitative estimate of drug-likeness (QED) is 0.668. The number of amides is 1. The van der Waals surface area contributed by atoms with Gasteiger partial charge < -0.3 is 14.7 Å². The van der Waals surface area contributed by atoms with Crippen molar-refractivity contribution < 1.29 is 14.6 Å². The number of nitrogens with zero attached hydrogens (tertiary/aromatic N) is 1. The molecule has 0 aliphatic carbocycles. The van der Waals surface area contributed by atoms with E-state index in [0.29, 0.717) is 12.5 Å². The molecule has 29 heavy (non-hydrogen) atoms. The number of nitrogens with one attached hydrogen (secondary N) is 2. The molecule has 1 aliphatic rings. The van der Waals surface area contributed by atoms with Crippen molar-refractivity contribution in [2.45, 2.75) is 25.9 Å². The minimum atomic E-state index is 0.152. The molecule has 2 aromatic rings. The monoisotopic (exact) mass is 415 g/mol. The Morgan fingerprint density at radius 2 is 1.76 bits per heavy atom. The van der Waals surface area contributed by atoms with E-state index in [9.17, 15) is 4.79 Å². The summed E-state index contributed by atoms with van der Waals surface area (Å²) in [5, 5.41) is 0.798. The van der Waals surface area contributed by atoms with E-state index in [1.807, 2.05) is 30.3 Å². The molecule has 0 saturated carbocycles. The van der Waals surface area contributed by atoms with Gasteiger partial charge in [-0.05, 0) is 17.7 Å². The molecule has 0 unspecified atom stereocenters. The highest BCUT2D eigenvalue weighted by atomic mass is 35.5. The van der Waals surface area contributed by atoms with E-state index < -0.39 is 0 Å². The van der Waals surface area contributed by atoms with Gasteiger partial charge in [-0.25, -0.2) is 0 Å². The second kappa shape index (κ2) is 10.8. The Labute approximate surface area is 180 Å². The number of carbonyl (C=O) groups excluding carboxylic acids is 1. The Bertz CT molecular complexity index is 773. The molecule has 0 bridgehead atoms. The SMILES string of the molecule is C[NH+](C)CCN(Cc1ccccc1)C(=O)C1CC[NH+](Cc2cccc(Cl)c2)CC1. The normalized spacial score (nSPS) is 19.3. The highest BCUT2D eigenvalue weighted by molar-refractivity contribution is 6.30. The van der Waals surface area contributed by atoms with E-state index in [4.69, 9.17) is 11.6 Å². The fourth-order valence-corrected chi connectivity index (χ4v) is 4.29. The Morgan fingerprint density at radius 1 is 1.07 bits per heavy atom. The lowest BCUT2D eigenvalue weighted by Crippen LogP contribution is -3.11. The average molecular weight is 416 g/mol. The van der Waals surface area contributed by atoms with Gasteiger partial charge in [-0.15, -0.1) is 0 Å². The van der Waals surface area contributed by atoms with Crippen molar-refractivity contribution in [1.82, 2.24) is 4.90 Å². The van der Waals surface area contributed by atoms with Gasteiger partial charge in [0, 0.05) is 35.9 Å².